The number of hydrogen-bond acceptors (Lipinski definition) is 2. The Bertz CT molecular complexity index is 935. The van der Waals surface area contributed by atoms with Crippen molar-refractivity contribution in [2.24, 2.45) is 7.05 Å². The molecule has 2 aromatic heterocycles. The van der Waals surface area contributed by atoms with Gasteiger partial charge in [0.25, 0.3) is 0 Å². The summed E-state index contributed by atoms with van der Waals surface area (Å²) < 4.78 is 4.06. The fourth-order valence-electron chi connectivity index (χ4n) is 3.77. The van der Waals surface area contributed by atoms with Crippen molar-refractivity contribution in [3.63, 3.8) is 0 Å². The van der Waals surface area contributed by atoms with Crippen LogP contribution in [0, 0.1) is 20.8 Å². The largest absolute Gasteiger partial charge is 0.354 e. The van der Waals surface area contributed by atoms with Crippen LogP contribution >= 0.6 is 0 Å². The molecule has 0 saturated heterocycles. The number of rotatable bonds is 6. The minimum atomic E-state index is -0.252. The third-order valence-corrected chi connectivity index (χ3v) is 5.23. The van der Waals surface area contributed by atoms with Crippen molar-refractivity contribution in [1.82, 2.24) is 19.7 Å². The first-order valence-electron chi connectivity index (χ1n) is 9.27. The standard InChI is InChI=1S/C21H28N4O/c1-6-19(25-15(3)13-14(2)23-25)21(26)22-12-11-17-16(4)24(5)20-10-8-7-9-18(17)20/h7-10,13,19H,6,11-12H2,1-5H3,(H,22,26)/t19-/m0/s1. The van der Waals surface area contributed by atoms with Crippen molar-refractivity contribution in [2.75, 3.05) is 6.54 Å². The molecule has 0 aliphatic carbocycles. The van der Waals surface area contributed by atoms with Gasteiger partial charge < -0.3 is 9.88 Å². The normalized spacial score (nSPS) is 12.5. The molecule has 0 bridgehead atoms. The SMILES string of the molecule is CC[C@@H](C(=O)NCCc1c(C)n(C)c2ccccc12)n1nc(C)cc1C. The second-order valence-electron chi connectivity index (χ2n) is 6.98. The average Bonchev–Trinajstić information content (AvgIpc) is 3.07. The van der Waals surface area contributed by atoms with Crippen molar-refractivity contribution in [2.45, 2.75) is 46.6 Å². The molecule has 3 rings (SSSR count). The lowest BCUT2D eigenvalue weighted by molar-refractivity contribution is -0.124. The van der Waals surface area contributed by atoms with E-state index in [1.165, 1.54) is 22.2 Å². The summed E-state index contributed by atoms with van der Waals surface area (Å²) in [7, 11) is 2.09. The molecule has 3 aromatic rings. The van der Waals surface area contributed by atoms with Crippen LogP contribution < -0.4 is 5.32 Å². The Kier molecular flexibility index (Phi) is 5.16. The Morgan fingerprint density at radius 3 is 2.62 bits per heavy atom. The van der Waals surface area contributed by atoms with Crippen LogP contribution in [0.2, 0.25) is 0 Å². The number of aryl methyl sites for hydroxylation is 3. The van der Waals surface area contributed by atoms with Crippen molar-refractivity contribution in [3.8, 4) is 0 Å². The van der Waals surface area contributed by atoms with Gasteiger partial charge in [-0.05, 0) is 51.3 Å². The summed E-state index contributed by atoms with van der Waals surface area (Å²) in [6, 6.07) is 10.2. The van der Waals surface area contributed by atoms with E-state index in [1.807, 2.05) is 31.5 Å². The Hall–Kier alpha value is -2.56. The number of benzene rings is 1. The van der Waals surface area contributed by atoms with E-state index in [0.29, 0.717) is 6.54 Å². The van der Waals surface area contributed by atoms with E-state index in [0.717, 1.165) is 24.2 Å². The third-order valence-electron chi connectivity index (χ3n) is 5.23. The molecule has 26 heavy (non-hydrogen) atoms. The van der Waals surface area contributed by atoms with Crippen LogP contribution in [0.25, 0.3) is 10.9 Å². The van der Waals surface area contributed by atoms with Gasteiger partial charge >= 0.3 is 0 Å². The Balaban J connectivity index is 1.71. The van der Waals surface area contributed by atoms with Gasteiger partial charge in [-0.2, -0.15) is 5.10 Å². The molecule has 138 valence electrons. The molecule has 5 heteroatoms. The number of hydrogen-bond donors (Lipinski definition) is 1. The lowest BCUT2D eigenvalue weighted by atomic mass is 10.1. The zero-order valence-corrected chi connectivity index (χ0v) is 16.3. The first-order valence-corrected chi connectivity index (χ1v) is 9.27. The molecule has 1 atom stereocenters. The predicted octanol–water partition coefficient (Wildman–Crippen LogP) is 3.61. The van der Waals surface area contributed by atoms with E-state index in [-0.39, 0.29) is 11.9 Å². The van der Waals surface area contributed by atoms with Gasteiger partial charge in [-0.15, -0.1) is 0 Å². The molecular weight excluding hydrogens is 324 g/mol. The number of amides is 1. The summed E-state index contributed by atoms with van der Waals surface area (Å²) >= 11 is 0. The monoisotopic (exact) mass is 352 g/mol. The molecule has 2 heterocycles. The molecule has 0 aliphatic rings. The number of carbonyl (C=O) groups excluding carboxylic acids is 1. The van der Waals surface area contributed by atoms with E-state index < -0.39 is 0 Å². The Morgan fingerprint density at radius 2 is 1.96 bits per heavy atom. The summed E-state index contributed by atoms with van der Waals surface area (Å²) in [4.78, 5) is 12.7. The van der Waals surface area contributed by atoms with Crippen molar-refractivity contribution in [1.29, 1.82) is 0 Å². The van der Waals surface area contributed by atoms with Crippen LogP contribution in [0.3, 0.4) is 0 Å². The molecule has 0 aliphatic heterocycles. The van der Waals surface area contributed by atoms with E-state index in [4.69, 9.17) is 0 Å². The lowest BCUT2D eigenvalue weighted by Crippen LogP contribution is -2.34. The average molecular weight is 352 g/mol. The summed E-state index contributed by atoms with van der Waals surface area (Å²) in [5.41, 5.74) is 5.77. The fourth-order valence-corrected chi connectivity index (χ4v) is 3.77. The van der Waals surface area contributed by atoms with Gasteiger partial charge in [0.15, 0.2) is 0 Å². The summed E-state index contributed by atoms with van der Waals surface area (Å²) in [6.45, 7) is 8.74. The van der Waals surface area contributed by atoms with Crippen LogP contribution in [-0.4, -0.2) is 26.8 Å². The topological polar surface area (TPSA) is 51.9 Å². The first-order chi connectivity index (χ1) is 12.4. The molecule has 0 unspecified atom stereocenters. The van der Waals surface area contributed by atoms with Crippen LogP contribution in [0.5, 0.6) is 0 Å². The molecule has 5 nitrogen and oxygen atoms in total. The summed E-state index contributed by atoms with van der Waals surface area (Å²) in [5, 5.41) is 8.86. The molecule has 0 fully saturated rings. The van der Waals surface area contributed by atoms with Crippen LogP contribution in [0.4, 0.5) is 0 Å². The molecule has 0 spiro atoms. The zero-order chi connectivity index (χ0) is 18.8. The summed E-state index contributed by atoms with van der Waals surface area (Å²) in [6.07, 6.45) is 1.55. The number of para-hydroxylation sites is 1. The molecular formula is C21H28N4O. The minimum absolute atomic E-state index is 0.0385. The van der Waals surface area contributed by atoms with E-state index >= 15 is 0 Å². The van der Waals surface area contributed by atoms with E-state index in [2.05, 4.69) is 53.2 Å². The second kappa shape index (κ2) is 7.36. The Labute approximate surface area is 155 Å². The van der Waals surface area contributed by atoms with Crippen molar-refractivity contribution in [3.05, 3.63) is 53.0 Å². The smallest absolute Gasteiger partial charge is 0.244 e. The highest BCUT2D eigenvalue weighted by Crippen LogP contribution is 2.25. The molecule has 0 radical (unpaired) electrons. The van der Waals surface area contributed by atoms with Gasteiger partial charge in [-0.3, -0.25) is 9.48 Å². The predicted molar refractivity (Wildman–Crippen MR) is 105 cm³/mol. The lowest BCUT2D eigenvalue weighted by Gasteiger charge is -2.17. The van der Waals surface area contributed by atoms with Crippen LogP contribution in [0.15, 0.2) is 30.3 Å². The number of nitrogens with zero attached hydrogens (tertiary/aromatic N) is 3. The van der Waals surface area contributed by atoms with Crippen molar-refractivity contribution < 1.29 is 4.79 Å². The maximum absolute atomic E-state index is 12.7. The molecule has 0 saturated carbocycles. The number of fused-ring (bicyclic) bond motifs is 1. The molecule has 1 amide bonds. The van der Waals surface area contributed by atoms with E-state index in [9.17, 15) is 4.79 Å². The zero-order valence-electron chi connectivity index (χ0n) is 16.3. The number of nitrogens with one attached hydrogen (secondary N) is 1. The van der Waals surface area contributed by atoms with E-state index in [1.54, 1.807) is 0 Å². The minimum Gasteiger partial charge on any atom is -0.354 e. The highest BCUT2D eigenvalue weighted by Gasteiger charge is 2.21. The maximum atomic E-state index is 12.7. The molecule has 1 N–H and O–H groups in total. The highest BCUT2D eigenvalue weighted by atomic mass is 16.2. The third kappa shape index (κ3) is 3.26. The quantitative estimate of drug-likeness (QED) is 0.737. The molecule has 1 aromatic carbocycles. The van der Waals surface area contributed by atoms with Gasteiger partial charge in [0.1, 0.15) is 6.04 Å². The highest BCUT2D eigenvalue weighted by molar-refractivity contribution is 5.85. The fraction of sp³-hybridized carbons (Fsp3) is 0.429. The van der Waals surface area contributed by atoms with Crippen molar-refractivity contribution >= 4 is 16.8 Å². The van der Waals surface area contributed by atoms with Crippen LogP contribution in [-0.2, 0) is 18.3 Å². The second-order valence-corrected chi connectivity index (χ2v) is 6.98. The maximum Gasteiger partial charge on any atom is 0.244 e. The Morgan fingerprint density at radius 1 is 1.23 bits per heavy atom. The first kappa shape index (κ1) is 18.2. The summed E-state index contributed by atoms with van der Waals surface area (Å²) in [5.74, 6) is 0.0385. The van der Waals surface area contributed by atoms with Gasteiger partial charge in [-0.25, -0.2) is 0 Å². The van der Waals surface area contributed by atoms with Crippen LogP contribution in [0.1, 0.15) is 42.0 Å². The number of carbonyl (C=O) groups is 1. The van der Waals surface area contributed by atoms with Gasteiger partial charge in [0.2, 0.25) is 5.91 Å². The van der Waals surface area contributed by atoms with Gasteiger partial charge in [0, 0.05) is 35.9 Å². The van der Waals surface area contributed by atoms with Gasteiger partial charge in [-0.1, -0.05) is 25.1 Å². The number of aromatic nitrogens is 3. The van der Waals surface area contributed by atoms with Gasteiger partial charge in [0.05, 0.1) is 5.69 Å².